The van der Waals surface area contributed by atoms with Crippen LogP contribution in [0.5, 0.6) is 5.88 Å². The summed E-state index contributed by atoms with van der Waals surface area (Å²) in [6, 6.07) is 1.81. The van der Waals surface area contributed by atoms with E-state index in [0.29, 0.717) is 5.88 Å². The second-order valence-electron chi connectivity index (χ2n) is 3.70. The molecule has 16 heavy (non-hydrogen) atoms. The molecule has 2 heterocycles. The number of hydrogen-bond donors (Lipinski definition) is 1. The molecule has 0 spiro atoms. The van der Waals surface area contributed by atoms with Crippen LogP contribution in [0.15, 0.2) is 6.07 Å². The number of aromatic nitrogens is 2. The fourth-order valence-corrected chi connectivity index (χ4v) is 1.87. The zero-order valence-electron chi connectivity index (χ0n) is 9.07. The Morgan fingerprint density at radius 2 is 2.31 bits per heavy atom. The molecule has 4 nitrogen and oxygen atoms in total. The Labute approximate surface area is 106 Å². The number of rotatable bonds is 2. The third kappa shape index (κ3) is 3.77. The van der Waals surface area contributed by atoms with Crippen molar-refractivity contribution in [3.8, 4) is 5.88 Å². The van der Waals surface area contributed by atoms with Gasteiger partial charge in [0.1, 0.15) is 6.10 Å². The van der Waals surface area contributed by atoms with Gasteiger partial charge in [0.2, 0.25) is 11.2 Å². The summed E-state index contributed by atoms with van der Waals surface area (Å²) in [5.74, 6) is 0.571. The molecule has 1 aromatic heterocycles. The van der Waals surface area contributed by atoms with Gasteiger partial charge in [-0.25, -0.2) is 4.98 Å². The van der Waals surface area contributed by atoms with Crippen molar-refractivity contribution < 1.29 is 4.74 Å². The first-order chi connectivity index (χ1) is 7.24. The van der Waals surface area contributed by atoms with Gasteiger partial charge in [-0.15, -0.1) is 12.4 Å². The Bertz CT molecular complexity index is 323. The van der Waals surface area contributed by atoms with Crippen LogP contribution in [-0.2, 0) is 0 Å². The van der Waals surface area contributed by atoms with Crippen molar-refractivity contribution in [2.75, 3.05) is 13.1 Å². The van der Waals surface area contributed by atoms with Crippen molar-refractivity contribution in [2.45, 2.75) is 25.9 Å². The molecule has 0 amide bonds. The fraction of sp³-hybridized carbons (Fsp3) is 0.600. The first kappa shape index (κ1) is 13.5. The maximum atomic E-state index is 5.75. The van der Waals surface area contributed by atoms with E-state index >= 15 is 0 Å². The maximum Gasteiger partial charge on any atom is 0.225 e. The van der Waals surface area contributed by atoms with Crippen LogP contribution in [0.1, 0.15) is 18.5 Å². The normalized spacial score (nSPS) is 20.0. The molecule has 6 heteroatoms. The van der Waals surface area contributed by atoms with Crippen molar-refractivity contribution in [1.29, 1.82) is 0 Å². The van der Waals surface area contributed by atoms with E-state index in [9.17, 15) is 0 Å². The largest absolute Gasteiger partial charge is 0.473 e. The van der Waals surface area contributed by atoms with Crippen LogP contribution in [0.2, 0.25) is 5.28 Å². The first-order valence-corrected chi connectivity index (χ1v) is 5.50. The molecule has 1 saturated heterocycles. The van der Waals surface area contributed by atoms with E-state index in [0.717, 1.165) is 31.6 Å². The predicted octanol–water partition coefficient (Wildman–Crippen LogP) is 1.99. The van der Waals surface area contributed by atoms with Gasteiger partial charge in [-0.2, -0.15) is 4.98 Å². The highest BCUT2D eigenvalue weighted by molar-refractivity contribution is 6.28. The second kappa shape index (κ2) is 6.23. The molecule has 0 bridgehead atoms. The SMILES string of the molecule is Cc1cc(O[C@@H]2CCCNC2)nc(Cl)n1.Cl. The van der Waals surface area contributed by atoms with Gasteiger partial charge in [0.25, 0.3) is 0 Å². The van der Waals surface area contributed by atoms with Gasteiger partial charge in [-0.1, -0.05) is 0 Å². The first-order valence-electron chi connectivity index (χ1n) is 5.12. The summed E-state index contributed by atoms with van der Waals surface area (Å²) in [4.78, 5) is 8.02. The number of aryl methyl sites for hydroxylation is 1. The molecule has 1 fully saturated rings. The fourth-order valence-electron chi connectivity index (χ4n) is 1.66. The summed E-state index contributed by atoms with van der Waals surface area (Å²) in [5, 5.41) is 3.53. The van der Waals surface area contributed by atoms with Gasteiger partial charge < -0.3 is 10.1 Å². The summed E-state index contributed by atoms with van der Waals surface area (Å²) >= 11 is 5.75. The molecule has 0 saturated carbocycles. The highest BCUT2D eigenvalue weighted by atomic mass is 35.5. The minimum absolute atomic E-state index is 0. The minimum atomic E-state index is 0. The summed E-state index contributed by atoms with van der Waals surface area (Å²) in [5.41, 5.74) is 0.828. The molecule has 0 unspecified atom stereocenters. The van der Waals surface area contributed by atoms with E-state index in [1.165, 1.54) is 0 Å². The lowest BCUT2D eigenvalue weighted by atomic mass is 10.1. The van der Waals surface area contributed by atoms with E-state index < -0.39 is 0 Å². The quantitative estimate of drug-likeness (QED) is 0.830. The van der Waals surface area contributed by atoms with E-state index in [1.54, 1.807) is 6.07 Å². The standard InChI is InChI=1S/C10H14ClN3O.ClH/c1-7-5-9(14-10(11)13-7)15-8-3-2-4-12-6-8;/h5,8,12H,2-4,6H2,1H3;1H/t8-;/m1./s1. The molecule has 90 valence electrons. The molecule has 1 aromatic rings. The molecule has 2 rings (SSSR count). The Morgan fingerprint density at radius 3 is 2.94 bits per heavy atom. The van der Waals surface area contributed by atoms with Crippen molar-refractivity contribution in [2.24, 2.45) is 0 Å². The van der Waals surface area contributed by atoms with Crippen molar-refractivity contribution in [1.82, 2.24) is 15.3 Å². The van der Waals surface area contributed by atoms with E-state index in [4.69, 9.17) is 16.3 Å². The lowest BCUT2D eigenvalue weighted by Crippen LogP contribution is -2.37. The van der Waals surface area contributed by atoms with Gasteiger partial charge in [-0.05, 0) is 37.9 Å². The molecular weight excluding hydrogens is 249 g/mol. The summed E-state index contributed by atoms with van der Waals surface area (Å²) in [7, 11) is 0. The topological polar surface area (TPSA) is 47.0 Å². The maximum absolute atomic E-state index is 5.75. The zero-order chi connectivity index (χ0) is 10.7. The van der Waals surface area contributed by atoms with Crippen LogP contribution in [0, 0.1) is 6.92 Å². The molecule has 1 aliphatic heterocycles. The molecule has 1 N–H and O–H groups in total. The van der Waals surface area contributed by atoms with Gasteiger partial charge in [-0.3, -0.25) is 0 Å². The Kier molecular flexibility index (Phi) is 5.25. The monoisotopic (exact) mass is 263 g/mol. The minimum Gasteiger partial charge on any atom is -0.473 e. The summed E-state index contributed by atoms with van der Waals surface area (Å²) < 4.78 is 5.72. The predicted molar refractivity (Wildman–Crippen MR) is 65.5 cm³/mol. The smallest absolute Gasteiger partial charge is 0.225 e. The Morgan fingerprint density at radius 1 is 1.50 bits per heavy atom. The zero-order valence-corrected chi connectivity index (χ0v) is 10.6. The highest BCUT2D eigenvalue weighted by Gasteiger charge is 2.15. The van der Waals surface area contributed by atoms with Crippen LogP contribution >= 0.6 is 24.0 Å². The van der Waals surface area contributed by atoms with Crippen LogP contribution in [0.25, 0.3) is 0 Å². The van der Waals surface area contributed by atoms with Crippen molar-refractivity contribution in [3.63, 3.8) is 0 Å². The Balaban J connectivity index is 0.00000128. The van der Waals surface area contributed by atoms with Crippen molar-refractivity contribution in [3.05, 3.63) is 17.0 Å². The molecule has 0 aliphatic carbocycles. The molecule has 1 atom stereocenters. The average molecular weight is 264 g/mol. The van der Waals surface area contributed by atoms with E-state index in [-0.39, 0.29) is 23.8 Å². The molecule has 0 radical (unpaired) electrons. The Hall–Kier alpha value is -0.580. The van der Waals surface area contributed by atoms with Crippen LogP contribution < -0.4 is 10.1 Å². The van der Waals surface area contributed by atoms with Crippen molar-refractivity contribution >= 4 is 24.0 Å². The number of hydrogen-bond acceptors (Lipinski definition) is 4. The lowest BCUT2D eigenvalue weighted by molar-refractivity contribution is 0.160. The lowest BCUT2D eigenvalue weighted by Gasteiger charge is -2.23. The van der Waals surface area contributed by atoms with E-state index in [1.807, 2.05) is 6.92 Å². The second-order valence-corrected chi connectivity index (χ2v) is 4.04. The third-order valence-corrected chi connectivity index (χ3v) is 2.51. The number of piperidine rings is 1. The third-order valence-electron chi connectivity index (χ3n) is 2.34. The van der Waals surface area contributed by atoms with Gasteiger partial charge in [0.15, 0.2) is 0 Å². The molecular formula is C10H15Cl2N3O. The average Bonchev–Trinajstić information content (AvgIpc) is 2.17. The number of ether oxygens (including phenoxy) is 1. The molecule has 1 aliphatic rings. The summed E-state index contributed by atoms with van der Waals surface area (Å²) in [6.07, 6.45) is 2.40. The number of nitrogens with one attached hydrogen (secondary N) is 1. The number of nitrogens with zero attached hydrogens (tertiary/aromatic N) is 2. The van der Waals surface area contributed by atoms with Gasteiger partial charge >= 0.3 is 0 Å². The van der Waals surface area contributed by atoms with Gasteiger partial charge in [0.05, 0.1) is 0 Å². The van der Waals surface area contributed by atoms with Crippen LogP contribution in [0.4, 0.5) is 0 Å². The highest BCUT2D eigenvalue weighted by Crippen LogP contribution is 2.16. The van der Waals surface area contributed by atoms with Crippen LogP contribution in [-0.4, -0.2) is 29.2 Å². The van der Waals surface area contributed by atoms with E-state index in [2.05, 4.69) is 15.3 Å². The van der Waals surface area contributed by atoms with Crippen LogP contribution in [0.3, 0.4) is 0 Å². The summed E-state index contributed by atoms with van der Waals surface area (Å²) in [6.45, 7) is 3.82. The van der Waals surface area contributed by atoms with Gasteiger partial charge in [0, 0.05) is 18.3 Å². The number of halogens is 2. The molecule has 0 aromatic carbocycles.